The molecule has 5 aromatic carbocycles. The number of para-hydroxylation sites is 2. The van der Waals surface area contributed by atoms with Crippen molar-refractivity contribution >= 4 is 34.9 Å². The van der Waals surface area contributed by atoms with Gasteiger partial charge in [0.2, 0.25) is 0 Å². The number of aldehydes is 1. The predicted octanol–water partition coefficient (Wildman–Crippen LogP) is 12.6. The van der Waals surface area contributed by atoms with Gasteiger partial charge in [-0.25, -0.2) is 4.79 Å². The van der Waals surface area contributed by atoms with Crippen molar-refractivity contribution in [2.75, 3.05) is 31.0 Å². The second kappa shape index (κ2) is 19.1. The van der Waals surface area contributed by atoms with Crippen molar-refractivity contribution in [1.29, 1.82) is 0 Å². The lowest BCUT2D eigenvalue weighted by Crippen LogP contribution is -2.50. The van der Waals surface area contributed by atoms with Gasteiger partial charge in [-0.2, -0.15) is 0 Å². The molecule has 322 valence electrons. The van der Waals surface area contributed by atoms with E-state index in [4.69, 9.17) is 18.9 Å². The maximum atomic E-state index is 13.0. The molecule has 8 nitrogen and oxygen atoms in total. The largest absolute Gasteiger partial charge is 0.496 e. The van der Waals surface area contributed by atoms with Gasteiger partial charge in [0.15, 0.2) is 0 Å². The van der Waals surface area contributed by atoms with Gasteiger partial charge in [0.1, 0.15) is 23.4 Å². The van der Waals surface area contributed by atoms with Crippen LogP contribution in [0.15, 0.2) is 140 Å². The van der Waals surface area contributed by atoms with Crippen molar-refractivity contribution in [3.63, 3.8) is 0 Å². The lowest BCUT2D eigenvalue weighted by atomic mass is 9.84. The minimum absolute atomic E-state index is 0.0312. The first kappa shape index (κ1) is 45.2. The van der Waals surface area contributed by atoms with Crippen molar-refractivity contribution < 1.29 is 28.5 Å². The number of hydrogen-bond acceptors (Lipinski definition) is 7. The molecular formula is C54H60N2O6. The van der Waals surface area contributed by atoms with E-state index in [2.05, 4.69) is 86.4 Å². The zero-order valence-electron chi connectivity index (χ0n) is 37.6. The summed E-state index contributed by atoms with van der Waals surface area (Å²) < 4.78 is 23.1. The summed E-state index contributed by atoms with van der Waals surface area (Å²) in [5, 5.41) is 3.67. The van der Waals surface area contributed by atoms with Crippen molar-refractivity contribution in [2.24, 2.45) is 0 Å². The Morgan fingerprint density at radius 2 is 1.34 bits per heavy atom. The van der Waals surface area contributed by atoms with E-state index in [-0.39, 0.29) is 11.6 Å². The number of fused-ring (bicyclic) bond motifs is 2. The molecule has 0 saturated heterocycles. The van der Waals surface area contributed by atoms with Crippen LogP contribution >= 0.6 is 0 Å². The third-order valence-electron chi connectivity index (χ3n) is 10.8. The van der Waals surface area contributed by atoms with E-state index in [1.807, 2.05) is 101 Å². The highest BCUT2D eigenvalue weighted by Crippen LogP contribution is 2.43. The van der Waals surface area contributed by atoms with Crippen LogP contribution in [-0.4, -0.2) is 56.0 Å². The lowest BCUT2D eigenvalue weighted by molar-refractivity contribution is -0.103. The molecule has 0 aromatic heterocycles. The zero-order chi connectivity index (χ0) is 44.7. The Bertz CT molecular complexity index is 2460. The third-order valence-corrected chi connectivity index (χ3v) is 10.8. The topological polar surface area (TPSA) is 86.3 Å². The number of nitrogens with one attached hydrogen (secondary N) is 1. The monoisotopic (exact) mass is 832 g/mol. The Morgan fingerprint density at radius 1 is 0.758 bits per heavy atom. The number of methoxy groups -OCH3 is 2. The van der Waals surface area contributed by atoms with Crippen LogP contribution in [0.1, 0.15) is 71.6 Å². The number of benzene rings is 5. The maximum absolute atomic E-state index is 13.0. The molecule has 7 rings (SSSR count). The standard InChI is InChI=1S/C30H33NO2.C24H27NO4/c1-5-19-33-29(18-15-22-11-7-6-8-12-22)26-21-30(2,3)31-27-17-16-23(20-25(26)27)24-13-9-10-14-28(24)32-4;1-23(2,3)29-22(27)25-20-12-11-16(18-9-7-8-10-21(18)28-6)13-19(20)17(15-26)14-24(25,4)5/h5-14,16-17,20-21,29,31H,1,15,18-19H2,2-4H3;7-15H,1-6H3. The number of rotatable bonds is 12. The molecule has 0 aliphatic carbocycles. The minimum Gasteiger partial charge on any atom is -0.496 e. The Kier molecular flexibility index (Phi) is 13.9. The molecule has 1 amide bonds. The average Bonchev–Trinajstić information content (AvgIpc) is 3.25. The fourth-order valence-corrected chi connectivity index (χ4v) is 8.10. The summed E-state index contributed by atoms with van der Waals surface area (Å²) in [4.78, 5) is 26.5. The molecule has 2 aliphatic rings. The summed E-state index contributed by atoms with van der Waals surface area (Å²) in [6.07, 6.45) is 8.16. The van der Waals surface area contributed by atoms with E-state index in [9.17, 15) is 9.59 Å². The zero-order valence-corrected chi connectivity index (χ0v) is 37.6. The van der Waals surface area contributed by atoms with Crippen LogP contribution in [-0.2, 0) is 20.7 Å². The first-order chi connectivity index (χ1) is 29.6. The van der Waals surface area contributed by atoms with E-state index in [1.165, 1.54) is 16.7 Å². The number of carbonyl (C=O) groups is 2. The molecule has 0 spiro atoms. The number of carbonyl (C=O) groups excluding carboxylic acids is 2. The van der Waals surface area contributed by atoms with Crippen molar-refractivity contribution in [3.05, 3.63) is 157 Å². The molecule has 1 N–H and O–H groups in total. The molecule has 0 fully saturated rings. The lowest BCUT2D eigenvalue weighted by Gasteiger charge is -2.41. The van der Waals surface area contributed by atoms with Gasteiger partial charge in [-0.15, -0.1) is 6.58 Å². The highest BCUT2D eigenvalue weighted by Gasteiger charge is 2.39. The second-order valence-electron chi connectivity index (χ2n) is 17.7. The molecule has 5 aromatic rings. The van der Waals surface area contributed by atoms with Crippen LogP contribution in [0.4, 0.5) is 16.2 Å². The summed E-state index contributed by atoms with van der Waals surface area (Å²) in [7, 11) is 3.34. The summed E-state index contributed by atoms with van der Waals surface area (Å²) in [5.41, 5.74) is 9.25. The van der Waals surface area contributed by atoms with Gasteiger partial charge < -0.3 is 24.3 Å². The van der Waals surface area contributed by atoms with Gasteiger partial charge in [0, 0.05) is 33.5 Å². The van der Waals surface area contributed by atoms with E-state index >= 15 is 0 Å². The number of ether oxygens (including phenoxy) is 4. The van der Waals surface area contributed by atoms with Gasteiger partial charge >= 0.3 is 6.09 Å². The van der Waals surface area contributed by atoms with E-state index in [0.29, 0.717) is 23.4 Å². The molecule has 62 heavy (non-hydrogen) atoms. The molecule has 1 atom stereocenters. The van der Waals surface area contributed by atoms with Gasteiger partial charge in [0.05, 0.1) is 43.7 Å². The molecular weight excluding hydrogens is 773 g/mol. The van der Waals surface area contributed by atoms with Gasteiger partial charge in [-0.3, -0.25) is 9.69 Å². The van der Waals surface area contributed by atoms with Gasteiger partial charge in [0.25, 0.3) is 0 Å². The summed E-state index contributed by atoms with van der Waals surface area (Å²) >= 11 is 0. The Morgan fingerprint density at radius 3 is 1.92 bits per heavy atom. The molecule has 0 radical (unpaired) electrons. The van der Waals surface area contributed by atoms with Crippen LogP contribution in [0.2, 0.25) is 0 Å². The molecule has 2 heterocycles. The van der Waals surface area contributed by atoms with Gasteiger partial charge in [-0.05, 0) is 126 Å². The van der Waals surface area contributed by atoms with Gasteiger partial charge in [-0.1, -0.05) is 91.0 Å². The minimum atomic E-state index is -0.711. The van der Waals surface area contributed by atoms with Crippen LogP contribution in [0.25, 0.3) is 33.4 Å². The fraction of sp³-hybridized carbons (Fsp3) is 0.296. The molecule has 8 heteroatoms. The van der Waals surface area contributed by atoms with Crippen molar-refractivity contribution in [3.8, 4) is 33.8 Å². The van der Waals surface area contributed by atoms with Crippen LogP contribution in [0.3, 0.4) is 0 Å². The smallest absolute Gasteiger partial charge is 0.415 e. The van der Waals surface area contributed by atoms with Crippen LogP contribution < -0.4 is 19.7 Å². The maximum Gasteiger partial charge on any atom is 0.415 e. The first-order valence-electron chi connectivity index (χ1n) is 21.1. The summed E-state index contributed by atoms with van der Waals surface area (Å²) in [5.74, 6) is 1.61. The second-order valence-corrected chi connectivity index (χ2v) is 17.7. The predicted molar refractivity (Wildman–Crippen MR) is 254 cm³/mol. The average molecular weight is 833 g/mol. The van der Waals surface area contributed by atoms with Crippen molar-refractivity contribution in [2.45, 2.75) is 84.1 Å². The molecule has 1 unspecified atom stereocenters. The Balaban J connectivity index is 0.000000209. The Hall–Kier alpha value is -6.38. The number of anilines is 2. The number of amides is 1. The highest BCUT2D eigenvalue weighted by atomic mass is 16.6. The normalized spacial score (nSPS) is 15.1. The van der Waals surface area contributed by atoms with E-state index in [1.54, 1.807) is 25.2 Å². The molecule has 0 bridgehead atoms. The van der Waals surface area contributed by atoms with Crippen LogP contribution in [0, 0.1) is 0 Å². The van der Waals surface area contributed by atoms with E-state index < -0.39 is 17.2 Å². The summed E-state index contributed by atoms with van der Waals surface area (Å²) in [6.45, 7) is 18.1. The summed E-state index contributed by atoms with van der Waals surface area (Å²) in [6, 6.07) is 38.7. The van der Waals surface area contributed by atoms with Crippen LogP contribution in [0.5, 0.6) is 11.5 Å². The molecule has 0 saturated carbocycles. The number of aryl methyl sites for hydroxylation is 1. The third kappa shape index (κ3) is 10.6. The Labute approximate surface area is 367 Å². The fourth-order valence-electron chi connectivity index (χ4n) is 8.10. The number of hydrogen-bond donors (Lipinski definition) is 1. The van der Waals surface area contributed by atoms with E-state index in [0.717, 1.165) is 58.6 Å². The highest BCUT2D eigenvalue weighted by molar-refractivity contribution is 6.14. The molecule has 2 aliphatic heterocycles. The number of nitrogens with zero attached hydrogens (tertiary/aromatic N) is 1. The quantitative estimate of drug-likeness (QED) is 0.0989. The van der Waals surface area contributed by atoms with Crippen molar-refractivity contribution in [1.82, 2.24) is 0 Å². The number of allylic oxidation sites excluding steroid dienone is 1. The SMILES string of the molecule is C=CCOC(CCc1ccccc1)C1=CC(C)(C)Nc2ccc(-c3ccccc3OC)cc21.COc1ccccc1-c1ccc2c(c1)C(C=O)=CC(C)(C)N2C(=O)OC(C)(C)C. The first-order valence-corrected chi connectivity index (χ1v) is 21.1.